The maximum atomic E-state index is 13.7. The molecule has 0 aliphatic heterocycles. The summed E-state index contributed by atoms with van der Waals surface area (Å²) in [4.78, 5) is 17.2. The van der Waals surface area contributed by atoms with Crippen LogP contribution in [0, 0.1) is 5.82 Å². The number of alkyl halides is 1. The smallest absolute Gasteiger partial charge is 0.224 e. The van der Waals surface area contributed by atoms with Gasteiger partial charge in [0.2, 0.25) is 5.91 Å². The predicted octanol–water partition coefficient (Wildman–Crippen LogP) is 5.77. The fourth-order valence-corrected chi connectivity index (χ4v) is 3.40. The number of carbonyl (C=O) groups is 1. The molecule has 0 fully saturated rings. The standard InChI is InChI=1S/C23H23Cl2FN2O2/c1-14(2)27-22(29)13-17-10-16-11-18(30-9-3-8-24)5-7-21(16)28-23(17)15-4-6-20(26)19(25)12-15/h4-7,10-12,14H,3,8-9,13H2,1-2H3,(H,27,29). The minimum Gasteiger partial charge on any atom is -0.494 e. The molecule has 0 saturated heterocycles. The van der Waals surface area contributed by atoms with Gasteiger partial charge in [-0.3, -0.25) is 4.79 Å². The molecule has 158 valence electrons. The van der Waals surface area contributed by atoms with Crippen LogP contribution in [0.15, 0.2) is 42.5 Å². The Balaban J connectivity index is 2.05. The van der Waals surface area contributed by atoms with Crippen LogP contribution in [0.2, 0.25) is 5.02 Å². The van der Waals surface area contributed by atoms with Crippen LogP contribution in [0.3, 0.4) is 0 Å². The van der Waals surface area contributed by atoms with Gasteiger partial charge in [-0.2, -0.15) is 0 Å². The summed E-state index contributed by atoms with van der Waals surface area (Å²) < 4.78 is 19.4. The van der Waals surface area contributed by atoms with E-state index < -0.39 is 5.82 Å². The van der Waals surface area contributed by atoms with Crippen molar-refractivity contribution in [1.29, 1.82) is 0 Å². The fourth-order valence-electron chi connectivity index (χ4n) is 3.11. The minimum atomic E-state index is -0.501. The summed E-state index contributed by atoms with van der Waals surface area (Å²) >= 11 is 11.7. The molecule has 0 unspecified atom stereocenters. The number of amides is 1. The van der Waals surface area contributed by atoms with Gasteiger partial charge in [0, 0.05) is 22.9 Å². The SMILES string of the molecule is CC(C)NC(=O)Cc1cc2cc(OCCCCl)ccc2nc1-c1ccc(F)c(Cl)c1. The van der Waals surface area contributed by atoms with Gasteiger partial charge in [-0.05, 0) is 68.3 Å². The van der Waals surface area contributed by atoms with Crippen molar-refractivity contribution in [2.24, 2.45) is 0 Å². The topological polar surface area (TPSA) is 51.2 Å². The fraction of sp³-hybridized carbons (Fsp3) is 0.304. The van der Waals surface area contributed by atoms with Crippen LogP contribution in [0.1, 0.15) is 25.8 Å². The van der Waals surface area contributed by atoms with Crippen LogP contribution in [-0.4, -0.2) is 29.4 Å². The number of fused-ring (bicyclic) bond motifs is 1. The number of rotatable bonds is 8. The first-order chi connectivity index (χ1) is 14.4. The van der Waals surface area contributed by atoms with Gasteiger partial charge in [-0.25, -0.2) is 9.37 Å². The lowest BCUT2D eigenvalue weighted by atomic mass is 10.0. The van der Waals surface area contributed by atoms with E-state index in [9.17, 15) is 9.18 Å². The molecule has 0 saturated carbocycles. The van der Waals surface area contributed by atoms with Crippen molar-refractivity contribution >= 4 is 40.0 Å². The average Bonchev–Trinajstić information content (AvgIpc) is 2.69. The molecule has 7 heteroatoms. The Morgan fingerprint density at radius 3 is 2.70 bits per heavy atom. The molecule has 1 N–H and O–H groups in total. The Bertz CT molecular complexity index is 1060. The summed E-state index contributed by atoms with van der Waals surface area (Å²) in [5.41, 5.74) is 2.71. The highest BCUT2D eigenvalue weighted by atomic mass is 35.5. The van der Waals surface area contributed by atoms with E-state index in [4.69, 9.17) is 32.9 Å². The molecule has 0 radical (unpaired) electrons. The monoisotopic (exact) mass is 448 g/mol. The Hall–Kier alpha value is -2.37. The largest absolute Gasteiger partial charge is 0.494 e. The number of halogens is 3. The maximum Gasteiger partial charge on any atom is 0.224 e. The van der Waals surface area contributed by atoms with Gasteiger partial charge < -0.3 is 10.1 Å². The van der Waals surface area contributed by atoms with Crippen LogP contribution in [0.5, 0.6) is 5.75 Å². The predicted molar refractivity (Wildman–Crippen MR) is 120 cm³/mol. The second kappa shape index (κ2) is 10.1. The van der Waals surface area contributed by atoms with E-state index in [1.165, 1.54) is 12.1 Å². The molecular weight excluding hydrogens is 426 g/mol. The second-order valence-electron chi connectivity index (χ2n) is 7.27. The van der Waals surface area contributed by atoms with Gasteiger partial charge in [-0.1, -0.05) is 11.6 Å². The van der Waals surface area contributed by atoms with E-state index in [0.29, 0.717) is 29.5 Å². The molecule has 1 heterocycles. The van der Waals surface area contributed by atoms with Gasteiger partial charge in [0.05, 0.1) is 29.3 Å². The molecule has 0 atom stereocenters. The number of nitrogens with one attached hydrogen (secondary N) is 1. The molecule has 2 aromatic carbocycles. The third-order valence-corrected chi connectivity index (χ3v) is 4.96. The highest BCUT2D eigenvalue weighted by Crippen LogP contribution is 2.30. The third-order valence-electron chi connectivity index (χ3n) is 4.41. The number of aromatic nitrogens is 1. The van der Waals surface area contributed by atoms with E-state index in [0.717, 1.165) is 22.9 Å². The van der Waals surface area contributed by atoms with Crippen molar-refractivity contribution in [1.82, 2.24) is 10.3 Å². The number of pyridine rings is 1. The number of hydrogen-bond acceptors (Lipinski definition) is 3. The first kappa shape index (κ1) is 22.3. The maximum absolute atomic E-state index is 13.7. The van der Waals surface area contributed by atoms with Crippen LogP contribution >= 0.6 is 23.2 Å². The lowest BCUT2D eigenvalue weighted by molar-refractivity contribution is -0.120. The second-order valence-corrected chi connectivity index (χ2v) is 8.05. The molecule has 1 aromatic heterocycles. The zero-order chi connectivity index (χ0) is 21.7. The Labute approximate surface area is 185 Å². The number of carbonyl (C=O) groups excluding carboxylic acids is 1. The van der Waals surface area contributed by atoms with Crippen molar-refractivity contribution in [2.75, 3.05) is 12.5 Å². The summed E-state index contributed by atoms with van der Waals surface area (Å²) in [6.07, 6.45) is 0.894. The van der Waals surface area contributed by atoms with Gasteiger partial charge >= 0.3 is 0 Å². The number of benzene rings is 2. The van der Waals surface area contributed by atoms with E-state index in [1.54, 1.807) is 6.07 Å². The summed E-state index contributed by atoms with van der Waals surface area (Å²) in [6, 6.07) is 12.0. The van der Waals surface area contributed by atoms with Gasteiger partial charge in [-0.15, -0.1) is 11.6 Å². The minimum absolute atomic E-state index is 0.00928. The van der Waals surface area contributed by atoms with Crippen molar-refractivity contribution < 1.29 is 13.9 Å². The molecule has 1 amide bonds. The Morgan fingerprint density at radius 1 is 1.20 bits per heavy atom. The zero-order valence-corrected chi connectivity index (χ0v) is 18.4. The summed E-state index contributed by atoms with van der Waals surface area (Å²) in [7, 11) is 0. The van der Waals surface area contributed by atoms with E-state index in [1.807, 2.05) is 38.1 Å². The summed E-state index contributed by atoms with van der Waals surface area (Å²) in [5, 5.41) is 3.75. The molecule has 3 aromatic rings. The number of nitrogens with zero attached hydrogens (tertiary/aromatic N) is 1. The highest BCUT2D eigenvalue weighted by Gasteiger charge is 2.15. The lowest BCUT2D eigenvalue weighted by Crippen LogP contribution is -2.31. The van der Waals surface area contributed by atoms with E-state index in [2.05, 4.69) is 5.32 Å². The van der Waals surface area contributed by atoms with E-state index >= 15 is 0 Å². The van der Waals surface area contributed by atoms with Gasteiger partial charge in [0.1, 0.15) is 11.6 Å². The number of ether oxygens (including phenoxy) is 1. The van der Waals surface area contributed by atoms with Crippen molar-refractivity contribution in [2.45, 2.75) is 32.7 Å². The van der Waals surface area contributed by atoms with Crippen LogP contribution in [-0.2, 0) is 11.2 Å². The highest BCUT2D eigenvalue weighted by molar-refractivity contribution is 6.31. The van der Waals surface area contributed by atoms with Crippen LogP contribution in [0.4, 0.5) is 4.39 Å². The summed E-state index contributed by atoms with van der Waals surface area (Å²) in [6.45, 7) is 4.33. The molecule has 0 bridgehead atoms. The zero-order valence-electron chi connectivity index (χ0n) is 16.8. The van der Waals surface area contributed by atoms with Crippen LogP contribution in [0.25, 0.3) is 22.2 Å². The molecule has 3 rings (SSSR count). The van der Waals surface area contributed by atoms with Crippen molar-refractivity contribution in [3.8, 4) is 17.0 Å². The Kier molecular flexibility index (Phi) is 7.51. The molecule has 4 nitrogen and oxygen atoms in total. The van der Waals surface area contributed by atoms with Crippen molar-refractivity contribution in [3.05, 3.63) is 58.9 Å². The number of hydrogen-bond donors (Lipinski definition) is 1. The van der Waals surface area contributed by atoms with Crippen LogP contribution < -0.4 is 10.1 Å². The first-order valence-electron chi connectivity index (χ1n) is 9.74. The molecular formula is C23H23Cl2FN2O2. The quantitative estimate of drug-likeness (QED) is 0.351. The van der Waals surface area contributed by atoms with E-state index in [-0.39, 0.29) is 23.4 Å². The van der Waals surface area contributed by atoms with Crippen molar-refractivity contribution in [3.63, 3.8) is 0 Å². The lowest BCUT2D eigenvalue weighted by Gasteiger charge is -2.14. The average molecular weight is 449 g/mol. The third kappa shape index (κ3) is 5.61. The normalized spacial score (nSPS) is 11.1. The molecule has 0 aliphatic carbocycles. The first-order valence-corrected chi connectivity index (χ1v) is 10.7. The molecule has 30 heavy (non-hydrogen) atoms. The molecule has 0 aliphatic rings. The molecule has 0 spiro atoms. The summed E-state index contributed by atoms with van der Waals surface area (Å²) in [5.74, 6) is 0.632. The van der Waals surface area contributed by atoms with Gasteiger partial charge in [0.15, 0.2) is 0 Å². The van der Waals surface area contributed by atoms with Gasteiger partial charge in [0.25, 0.3) is 0 Å². The Morgan fingerprint density at radius 2 is 2.00 bits per heavy atom.